The lowest BCUT2D eigenvalue weighted by Crippen LogP contribution is -2.60. The highest BCUT2D eigenvalue weighted by atomic mass is 19.1. The number of nitrogens with zero attached hydrogens (tertiary/aromatic N) is 5. The first-order valence-electron chi connectivity index (χ1n) is 16.8. The maximum Gasteiger partial charge on any atom is 0.202 e. The van der Waals surface area contributed by atoms with Crippen LogP contribution in [-0.4, -0.2) is 69.7 Å². The van der Waals surface area contributed by atoms with Crippen molar-refractivity contribution in [2.75, 3.05) is 32.1 Å². The number of aliphatic imine (C=N–C) groups is 1. The van der Waals surface area contributed by atoms with Gasteiger partial charge in [-0.3, -0.25) is 14.8 Å². The fraction of sp³-hybridized carbons (Fsp3) is 0.444. The standard InChI is InChI=1S/C36H35F4N7O/c1-2-21-23(38)8-7-19-13-28(41)43-34(30(19)21)32-24(39)14-29(48-17-36-11-4-12-45(36)16-20(37)15-36)47-27(33(32)40)6-3-5-22-25-9-10-26-31(22)35(47)42-18-46(26)44-25/h1,7-8,13-14,20,22,25,44H,3-6,9-12,15-18H2,(H2,41,43)/t20-,22+,25+,36+/m1/s1. The van der Waals surface area contributed by atoms with E-state index in [1.165, 1.54) is 24.3 Å². The van der Waals surface area contributed by atoms with Gasteiger partial charge >= 0.3 is 0 Å². The van der Waals surface area contributed by atoms with Crippen LogP contribution in [0.15, 0.2) is 63.8 Å². The van der Waals surface area contributed by atoms with Crippen LogP contribution >= 0.6 is 0 Å². The summed E-state index contributed by atoms with van der Waals surface area (Å²) in [5.41, 5.74) is 10.7. The number of amidine groups is 1. The molecule has 8 nitrogen and oxygen atoms in total. The SMILES string of the molecule is C#Cc1c(F)ccc2cc(N)nc(C3=C(F)C=C(OC[C@@]45CCCN4C[C@H](F)C5)N4C5=NCN6N[C@H]7CCC6=C5[C@H]7CCCC4=C3F)c12. The topological polar surface area (TPSA) is 82.2 Å². The van der Waals surface area contributed by atoms with Gasteiger partial charge in [0.05, 0.1) is 28.1 Å². The van der Waals surface area contributed by atoms with Crippen molar-refractivity contribution in [2.45, 2.75) is 69.1 Å². The van der Waals surface area contributed by atoms with Crippen LogP contribution in [0.4, 0.5) is 23.4 Å². The quantitative estimate of drug-likeness (QED) is 0.311. The van der Waals surface area contributed by atoms with E-state index in [0.717, 1.165) is 49.9 Å². The van der Waals surface area contributed by atoms with E-state index in [1.807, 2.05) is 0 Å². The summed E-state index contributed by atoms with van der Waals surface area (Å²) in [5.74, 6) is 0.572. The summed E-state index contributed by atoms with van der Waals surface area (Å²) in [6.45, 7) is 1.52. The molecule has 0 unspecified atom stereocenters. The number of nitrogens with two attached hydrogens (primary N) is 1. The van der Waals surface area contributed by atoms with Crippen molar-refractivity contribution in [3.05, 3.63) is 75.9 Å². The van der Waals surface area contributed by atoms with Gasteiger partial charge in [-0.05, 0) is 69.0 Å². The highest BCUT2D eigenvalue weighted by Crippen LogP contribution is 2.49. The third-order valence-electron chi connectivity index (χ3n) is 11.3. The van der Waals surface area contributed by atoms with Crippen LogP contribution in [-0.2, 0) is 4.74 Å². The number of fused-ring (bicyclic) bond motifs is 5. The number of anilines is 1. The van der Waals surface area contributed by atoms with Crippen molar-refractivity contribution in [1.82, 2.24) is 25.2 Å². The molecule has 248 valence electrons. The first-order valence-corrected chi connectivity index (χ1v) is 16.8. The first kappa shape index (κ1) is 29.8. The van der Waals surface area contributed by atoms with Crippen molar-refractivity contribution in [1.29, 1.82) is 0 Å². The van der Waals surface area contributed by atoms with E-state index in [-0.39, 0.29) is 59.0 Å². The molecule has 4 bridgehead atoms. The van der Waals surface area contributed by atoms with Crippen molar-refractivity contribution in [3.8, 4) is 12.3 Å². The van der Waals surface area contributed by atoms with Crippen LogP contribution in [0.3, 0.4) is 0 Å². The van der Waals surface area contributed by atoms with E-state index >= 15 is 13.2 Å². The number of pyridine rings is 1. The predicted octanol–water partition coefficient (Wildman–Crippen LogP) is 5.96. The fourth-order valence-corrected chi connectivity index (χ4v) is 9.25. The summed E-state index contributed by atoms with van der Waals surface area (Å²) >= 11 is 0. The number of benzene rings is 1. The number of rotatable bonds is 4. The van der Waals surface area contributed by atoms with E-state index < -0.39 is 34.8 Å². The van der Waals surface area contributed by atoms with E-state index in [2.05, 4.69) is 26.2 Å². The third kappa shape index (κ3) is 4.29. The van der Waals surface area contributed by atoms with Gasteiger partial charge < -0.3 is 10.5 Å². The normalized spacial score (nSPS) is 29.8. The summed E-state index contributed by atoms with van der Waals surface area (Å²) < 4.78 is 70.8. The summed E-state index contributed by atoms with van der Waals surface area (Å²) in [4.78, 5) is 13.1. The van der Waals surface area contributed by atoms with E-state index in [0.29, 0.717) is 37.3 Å². The maximum absolute atomic E-state index is 17.5. The van der Waals surface area contributed by atoms with E-state index in [1.54, 1.807) is 4.90 Å². The minimum absolute atomic E-state index is 0.00381. The average molecular weight is 658 g/mol. The monoisotopic (exact) mass is 657 g/mol. The van der Waals surface area contributed by atoms with E-state index in [4.69, 9.17) is 21.9 Å². The number of ether oxygens (including phenoxy) is 1. The molecule has 0 radical (unpaired) electrons. The molecule has 0 amide bonds. The molecule has 4 atom stereocenters. The first-order chi connectivity index (χ1) is 23.3. The molecule has 4 fully saturated rings. The Morgan fingerprint density at radius 3 is 2.88 bits per heavy atom. The molecule has 1 aliphatic carbocycles. The molecular formula is C36H35F4N7O. The number of aromatic nitrogens is 1. The Bertz CT molecular complexity index is 1980. The number of alkyl halides is 1. The highest BCUT2D eigenvalue weighted by Gasteiger charge is 2.51. The molecule has 2 aromatic rings. The van der Waals surface area contributed by atoms with Crippen LogP contribution < -0.4 is 11.2 Å². The van der Waals surface area contributed by atoms with Crippen LogP contribution in [0.1, 0.15) is 62.6 Å². The van der Waals surface area contributed by atoms with E-state index in [9.17, 15) is 4.39 Å². The van der Waals surface area contributed by atoms with Gasteiger partial charge in [-0.1, -0.05) is 12.0 Å². The lowest BCUT2D eigenvalue weighted by atomic mass is 9.74. The number of hydrogen-bond acceptors (Lipinski definition) is 8. The average Bonchev–Trinajstić information content (AvgIpc) is 3.55. The number of nitrogen functional groups attached to an aromatic ring is 1. The summed E-state index contributed by atoms with van der Waals surface area (Å²) in [7, 11) is 0. The van der Waals surface area contributed by atoms with Gasteiger partial charge in [-0.25, -0.2) is 33.0 Å². The summed E-state index contributed by atoms with van der Waals surface area (Å²) in [5, 5.41) is 2.56. The number of hydrazine groups is 1. The second-order valence-corrected chi connectivity index (χ2v) is 13.9. The Hall–Kier alpha value is -4.34. The molecular weight excluding hydrogens is 622 g/mol. The van der Waals surface area contributed by atoms with Gasteiger partial charge in [0.25, 0.3) is 0 Å². The van der Waals surface area contributed by atoms with Crippen molar-refractivity contribution in [2.24, 2.45) is 10.9 Å². The molecule has 8 aliphatic rings. The number of nitrogens with one attached hydrogen (secondary N) is 1. The zero-order valence-electron chi connectivity index (χ0n) is 26.3. The second kappa shape index (κ2) is 10.8. The molecule has 10 rings (SSSR count). The number of terminal acetylenes is 1. The van der Waals surface area contributed by atoms with Crippen molar-refractivity contribution in [3.63, 3.8) is 0 Å². The zero-order chi connectivity index (χ0) is 32.9. The molecule has 4 saturated heterocycles. The fourth-order valence-electron chi connectivity index (χ4n) is 9.25. The summed E-state index contributed by atoms with van der Waals surface area (Å²) in [6, 6.07) is 4.39. The van der Waals surface area contributed by atoms with Gasteiger partial charge in [0, 0.05) is 47.7 Å². The van der Waals surface area contributed by atoms with Gasteiger partial charge in [-0.2, -0.15) is 0 Å². The second-order valence-electron chi connectivity index (χ2n) is 13.9. The predicted molar refractivity (Wildman–Crippen MR) is 174 cm³/mol. The molecule has 3 N–H and O–H groups in total. The Morgan fingerprint density at radius 2 is 2.02 bits per heavy atom. The minimum Gasteiger partial charge on any atom is -0.477 e. The van der Waals surface area contributed by atoms with Gasteiger partial charge in [0.15, 0.2) is 5.83 Å². The number of hydrogen-bond donors (Lipinski definition) is 2. The molecule has 48 heavy (non-hydrogen) atoms. The smallest absolute Gasteiger partial charge is 0.202 e. The Kier molecular flexibility index (Phi) is 6.72. The zero-order valence-corrected chi connectivity index (χ0v) is 26.3. The molecule has 0 saturated carbocycles. The Morgan fingerprint density at radius 1 is 1.15 bits per heavy atom. The molecule has 0 spiro atoms. The Labute approximate surface area is 275 Å². The maximum atomic E-state index is 17.5. The van der Waals surface area contributed by atoms with Crippen LogP contribution in [0, 0.1) is 24.1 Å². The van der Waals surface area contributed by atoms with Gasteiger partial charge in [0.1, 0.15) is 42.7 Å². The molecule has 1 aromatic carbocycles. The number of allylic oxidation sites excluding steroid dienone is 6. The van der Waals surface area contributed by atoms with Crippen molar-refractivity contribution >= 4 is 28.0 Å². The molecule has 8 heterocycles. The van der Waals surface area contributed by atoms with Crippen molar-refractivity contribution < 1.29 is 22.3 Å². The minimum atomic E-state index is -0.977. The van der Waals surface area contributed by atoms with Gasteiger partial charge in [-0.15, -0.1) is 6.42 Å². The number of halogens is 4. The highest BCUT2D eigenvalue weighted by molar-refractivity contribution is 6.05. The Balaban J connectivity index is 1.25. The third-order valence-corrected chi connectivity index (χ3v) is 11.3. The van der Waals surface area contributed by atoms with Gasteiger partial charge in [0.2, 0.25) is 5.88 Å². The largest absolute Gasteiger partial charge is 0.477 e. The summed E-state index contributed by atoms with van der Waals surface area (Å²) in [6.07, 6.45) is 11.4. The molecule has 12 heteroatoms. The van der Waals surface area contributed by atoms with Crippen LogP contribution in [0.5, 0.6) is 0 Å². The van der Waals surface area contributed by atoms with Crippen LogP contribution in [0.2, 0.25) is 0 Å². The molecule has 7 aliphatic heterocycles. The molecule has 1 aromatic heterocycles. The van der Waals surface area contributed by atoms with Crippen LogP contribution in [0.25, 0.3) is 16.3 Å². The lowest BCUT2D eigenvalue weighted by Gasteiger charge is -2.52. The lowest BCUT2D eigenvalue weighted by molar-refractivity contribution is 0.0498.